The number of hydrogen-bond acceptors (Lipinski definition) is 9. The molecule has 16 nitrogen and oxygen atoms in total. The Morgan fingerprint density at radius 1 is 0.767 bits per heavy atom. The van der Waals surface area contributed by atoms with Crippen molar-refractivity contribution in [1.29, 1.82) is 0 Å². The summed E-state index contributed by atoms with van der Waals surface area (Å²) in [5.74, 6) is -5.88. The SMILES string of the molecule is CC/C=C/C=C/C=C/C=C/C=C/C=C/C=C/C(=O)N(C)[C@@H]1C(=O)N[C@@H](C)C(=O)N[C@@H](CC(C)C)C(=O)N2CCC[C@H]2C(=O)N[C@H](C)C(=O)N[C@H](C(N)=O)CCC(=O)O[C@@H]1C. The Kier molecular flexibility index (Phi) is 21.8. The quantitative estimate of drug-likeness (QED) is 0.110. The third kappa shape index (κ3) is 17.0. The van der Waals surface area contributed by atoms with Gasteiger partial charge in [0.1, 0.15) is 42.4 Å². The fourth-order valence-electron chi connectivity index (χ4n) is 6.36. The maximum absolute atomic E-state index is 13.9. The smallest absolute Gasteiger partial charge is 0.306 e. The van der Waals surface area contributed by atoms with Crippen molar-refractivity contribution >= 4 is 47.3 Å². The standard InChI is InChI=1S/C44H63N7O9/c1-8-9-10-11-12-13-14-15-16-17-18-19-20-21-24-36(52)50(7)38-32(6)60-37(53)26-25-33(39(45)54)48-40(55)30(4)46-42(57)35-23-22-27-51(35)44(59)34(28-29(2)3)49-41(56)31(5)47-43(38)58/h9-21,24,29-35,38H,8,22-23,25-28H2,1-7H3,(H2,45,54)(H,46,57)(H,47,58)(H,48,55)(H,49,56)/b10-9+,12-11+,14-13+,16-15+,18-17+,20-19+,24-21+/t30-,31+,32-,33+,34+,35+,38+/m1/s1. The minimum absolute atomic E-state index is 0.0565. The van der Waals surface area contributed by atoms with Gasteiger partial charge in [-0.15, -0.1) is 0 Å². The van der Waals surface area contributed by atoms with Gasteiger partial charge in [0.05, 0.1) is 0 Å². The lowest BCUT2D eigenvalue weighted by Gasteiger charge is -2.32. The minimum Gasteiger partial charge on any atom is -0.460 e. The summed E-state index contributed by atoms with van der Waals surface area (Å²) in [7, 11) is 1.34. The van der Waals surface area contributed by atoms with E-state index < -0.39 is 96.1 Å². The zero-order chi connectivity index (χ0) is 44.8. The van der Waals surface area contributed by atoms with Crippen molar-refractivity contribution in [3.8, 4) is 0 Å². The number of amides is 7. The number of carbonyl (C=O) groups excluding carboxylic acids is 8. The van der Waals surface area contributed by atoms with Crippen LogP contribution in [-0.2, 0) is 43.1 Å². The molecule has 7 amide bonds. The highest BCUT2D eigenvalue weighted by Crippen LogP contribution is 2.21. The van der Waals surface area contributed by atoms with Crippen molar-refractivity contribution in [1.82, 2.24) is 31.1 Å². The highest BCUT2D eigenvalue weighted by molar-refractivity contribution is 5.98. The predicted molar refractivity (Wildman–Crippen MR) is 228 cm³/mol. The van der Waals surface area contributed by atoms with Crippen LogP contribution in [0.2, 0.25) is 0 Å². The molecule has 6 N–H and O–H groups in total. The molecular weight excluding hydrogens is 771 g/mol. The fourth-order valence-corrected chi connectivity index (χ4v) is 6.36. The Bertz CT molecular complexity index is 1750. The van der Waals surface area contributed by atoms with Crippen LogP contribution in [0.4, 0.5) is 0 Å². The second-order valence-corrected chi connectivity index (χ2v) is 15.1. The molecule has 7 atom stereocenters. The van der Waals surface area contributed by atoms with Crippen molar-refractivity contribution in [2.24, 2.45) is 11.7 Å². The lowest BCUT2D eigenvalue weighted by atomic mass is 10.0. The first-order valence-corrected chi connectivity index (χ1v) is 20.4. The van der Waals surface area contributed by atoms with Gasteiger partial charge in [0, 0.05) is 26.1 Å². The van der Waals surface area contributed by atoms with E-state index >= 15 is 0 Å². The number of nitrogens with two attached hydrogens (primary N) is 1. The maximum Gasteiger partial charge on any atom is 0.306 e. The molecule has 60 heavy (non-hydrogen) atoms. The number of nitrogens with zero attached hydrogens (tertiary/aromatic N) is 2. The van der Waals surface area contributed by atoms with E-state index in [4.69, 9.17) is 10.5 Å². The van der Waals surface area contributed by atoms with Gasteiger partial charge in [0.25, 0.3) is 0 Å². The molecule has 0 aromatic carbocycles. The number of ether oxygens (including phenoxy) is 1. The van der Waals surface area contributed by atoms with Crippen LogP contribution in [-0.4, -0.2) is 113 Å². The van der Waals surface area contributed by atoms with E-state index in [2.05, 4.69) is 34.3 Å². The second kappa shape index (κ2) is 26.1. The number of nitrogens with one attached hydrogen (secondary N) is 4. The second-order valence-electron chi connectivity index (χ2n) is 15.1. The van der Waals surface area contributed by atoms with Crippen LogP contribution in [0.3, 0.4) is 0 Å². The molecule has 2 aliphatic rings. The van der Waals surface area contributed by atoms with Crippen molar-refractivity contribution in [3.05, 3.63) is 85.1 Å². The molecule has 0 spiro atoms. The zero-order valence-electron chi connectivity index (χ0n) is 35.8. The highest BCUT2D eigenvalue weighted by Gasteiger charge is 2.40. The average molecular weight is 834 g/mol. The van der Waals surface area contributed by atoms with Gasteiger partial charge in [-0.1, -0.05) is 99.8 Å². The molecule has 0 aromatic heterocycles. The molecule has 0 aromatic rings. The third-order valence-electron chi connectivity index (χ3n) is 9.59. The topological polar surface area (TPSA) is 226 Å². The van der Waals surface area contributed by atoms with Gasteiger partial charge < -0.3 is 41.5 Å². The number of fused-ring (bicyclic) bond motifs is 1. The zero-order valence-corrected chi connectivity index (χ0v) is 35.8. The molecule has 0 bridgehead atoms. The van der Waals surface area contributed by atoms with Crippen molar-refractivity contribution in [2.75, 3.05) is 13.6 Å². The average Bonchev–Trinajstić information content (AvgIpc) is 3.68. The number of rotatable bonds is 12. The molecule has 328 valence electrons. The van der Waals surface area contributed by atoms with Gasteiger partial charge in [0.2, 0.25) is 41.4 Å². The summed E-state index contributed by atoms with van der Waals surface area (Å²) in [6, 6.07) is -7.12. The molecule has 16 heteroatoms. The van der Waals surface area contributed by atoms with E-state index in [0.29, 0.717) is 12.8 Å². The van der Waals surface area contributed by atoms with Crippen LogP contribution < -0.4 is 27.0 Å². The molecule has 0 unspecified atom stereocenters. The maximum atomic E-state index is 13.9. The fraction of sp³-hybridized carbons (Fsp3) is 0.500. The predicted octanol–water partition coefficient (Wildman–Crippen LogP) is 2.34. The van der Waals surface area contributed by atoms with Crippen LogP contribution in [0.5, 0.6) is 0 Å². The number of allylic oxidation sites excluding steroid dienone is 13. The van der Waals surface area contributed by atoms with Gasteiger partial charge in [-0.25, -0.2) is 0 Å². The molecule has 2 fully saturated rings. The molecule has 0 saturated carbocycles. The minimum atomic E-state index is -1.45. The highest BCUT2D eigenvalue weighted by atomic mass is 16.5. The van der Waals surface area contributed by atoms with E-state index in [9.17, 15) is 38.4 Å². The lowest BCUT2D eigenvalue weighted by molar-refractivity contribution is -0.157. The van der Waals surface area contributed by atoms with E-state index in [1.807, 2.05) is 56.4 Å². The van der Waals surface area contributed by atoms with E-state index in [1.165, 1.54) is 44.9 Å². The Labute approximate surface area is 353 Å². The number of carbonyl (C=O) groups is 8. The summed E-state index contributed by atoms with van der Waals surface area (Å²) >= 11 is 0. The monoisotopic (exact) mass is 833 g/mol. The van der Waals surface area contributed by atoms with Gasteiger partial charge in [0.15, 0.2) is 0 Å². The van der Waals surface area contributed by atoms with Crippen molar-refractivity contribution in [3.63, 3.8) is 0 Å². The summed E-state index contributed by atoms with van der Waals surface area (Å²) in [5, 5.41) is 10.4. The molecule has 2 heterocycles. The van der Waals surface area contributed by atoms with Gasteiger partial charge in [-0.3, -0.25) is 38.4 Å². The van der Waals surface area contributed by atoms with Crippen LogP contribution in [0, 0.1) is 5.92 Å². The van der Waals surface area contributed by atoms with Crippen LogP contribution in [0.1, 0.15) is 80.1 Å². The third-order valence-corrected chi connectivity index (χ3v) is 9.59. The van der Waals surface area contributed by atoms with E-state index in [-0.39, 0.29) is 25.3 Å². The number of likely N-dealkylation sites (N-methyl/N-ethyl adjacent to an activating group) is 1. The van der Waals surface area contributed by atoms with Gasteiger partial charge in [-0.05, 0) is 58.8 Å². The van der Waals surface area contributed by atoms with Crippen molar-refractivity contribution in [2.45, 2.75) is 122 Å². The molecule has 2 saturated heterocycles. The Morgan fingerprint density at radius 2 is 1.30 bits per heavy atom. The molecule has 0 aliphatic carbocycles. The Balaban J connectivity index is 2.37. The molecular formula is C44H63N7O9. The molecule has 0 radical (unpaired) electrons. The first-order valence-electron chi connectivity index (χ1n) is 20.4. The first kappa shape index (κ1) is 50.1. The molecule has 2 rings (SSSR count). The van der Waals surface area contributed by atoms with Crippen LogP contribution >= 0.6 is 0 Å². The summed E-state index contributed by atoms with van der Waals surface area (Å²) in [4.78, 5) is 109. The number of cyclic esters (lactones) is 1. The van der Waals surface area contributed by atoms with E-state index in [1.54, 1.807) is 24.3 Å². The summed E-state index contributed by atoms with van der Waals surface area (Å²) < 4.78 is 5.57. The molecule has 2 aliphatic heterocycles. The van der Waals surface area contributed by atoms with Crippen LogP contribution in [0.25, 0.3) is 0 Å². The number of hydrogen-bond donors (Lipinski definition) is 5. The summed E-state index contributed by atoms with van der Waals surface area (Å²) in [6.07, 6.45) is 25.0. The summed E-state index contributed by atoms with van der Waals surface area (Å²) in [6.45, 7) is 10.2. The van der Waals surface area contributed by atoms with Gasteiger partial charge in [-0.2, -0.15) is 0 Å². The number of primary amides is 1. The first-order chi connectivity index (χ1) is 28.5. The largest absolute Gasteiger partial charge is 0.460 e. The van der Waals surface area contributed by atoms with E-state index in [0.717, 1.165) is 11.3 Å². The van der Waals surface area contributed by atoms with Gasteiger partial charge >= 0.3 is 5.97 Å². The Hall–Kier alpha value is -6.06. The number of esters is 1. The normalized spacial score (nSPS) is 26.3. The Morgan fingerprint density at radius 3 is 1.85 bits per heavy atom. The van der Waals surface area contributed by atoms with Crippen molar-refractivity contribution < 1.29 is 43.1 Å². The lowest BCUT2D eigenvalue weighted by Crippen LogP contribution is -2.59. The van der Waals surface area contributed by atoms with Crippen LogP contribution in [0.15, 0.2) is 85.1 Å². The summed E-state index contributed by atoms with van der Waals surface area (Å²) in [5.41, 5.74) is 5.53.